The minimum Gasteiger partial charge on any atom is -0.497 e. The van der Waals surface area contributed by atoms with Gasteiger partial charge in [-0.25, -0.2) is 0 Å². The van der Waals surface area contributed by atoms with E-state index in [1.165, 1.54) is 9.75 Å². The van der Waals surface area contributed by atoms with Crippen LogP contribution in [0.4, 0.5) is 0 Å². The molecule has 0 aliphatic carbocycles. The maximum Gasteiger partial charge on any atom is 0.118 e. The van der Waals surface area contributed by atoms with Crippen LogP contribution in [0.5, 0.6) is 5.75 Å². The molecule has 108 valence electrons. The van der Waals surface area contributed by atoms with E-state index in [1.807, 2.05) is 36.4 Å². The maximum absolute atomic E-state index is 8.87. The zero-order valence-electron chi connectivity index (χ0n) is 11.8. The Morgan fingerprint density at radius 2 is 1.64 bits per heavy atom. The third kappa shape index (κ3) is 2.92. The van der Waals surface area contributed by atoms with Crippen molar-refractivity contribution in [3.63, 3.8) is 0 Å². The van der Waals surface area contributed by atoms with Crippen LogP contribution in [0.25, 0.3) is 20.9 Å². The number of ether oxygens (including phenoxy) is 1. The van der Waals surface area contributed by atoms with Crippen molar-refractivity contribution >= 4 is 27.3 Å². The van der Waals surface area contributed by atoms with Crippen LogP contribution in [0.15, 0.2) is 59.1 Å². The lowest BCUT2D eigenvalue weighted by Gasteiger charge is -2.02. The van der Waals surface area contributed by atoms with E-state index in [0.29, 0.717) is 5.56 Å². The molecule has 0 amide bonds. The second-order valence-corrected chi connectivity index (χ2v) is 6.61. The Balaban J connectivity index is 1.97. The Kier molecular flexibility index (Phi) is 4.28. The average Bonchev–Trinajstić information content (AvgIpc) is 2.97. The van der Waals surface area contributed by atoms with Gasteiger partial charge in [-0.15, -0.1) is 11.3 Å². The lowest BCUT2D eigenvalue weighted by Crippen LogP contribution is -1.81. The lowest BCUT2D eigenvalue weighted by molar-refractivity contribution is 0.415. The normalized spacial score (nSPS) is 10.2. The van der Waals surface area contributed by atoms with E-state index in [0.717, 1.165) is 21.3 Å². The summed E-state index contributed by atoms with van der Waals surface area (Å²) in [7, 11) is 1.67. The quantitative estimate of drug-likeness (QED) is 0.590. The molecule has 2 nitrogen and oxygen atoms in total. The second-order valence-electron chi connectivity index (χ2n) is 4.71. The molecule has 3 aromatic rings. The molecule has 0 atom stereocenters. The summed E-state index contributed by atoms with van der Waals surface area (Å²) in [6.07, 6.45) is 0. The molecular weight excluding hydrogens is 358 g/mol. The van der Waals surface area contributed by atoms with Crippen molar-refractivity contribution in [2.45, 2.75) is 0 Å². The fourth-order valence-electron chi connectivity index (χ4n) is 2.16. The van der Waals surface area contributed by atoms with Crippen LogP contribution in [0.1, 0.15) is 5.56 Å². The number of methoxy groups -OCH3 is 1. The Labute approximate surface area is 141 Å². The molecule has 0 saturated heterocycles. The SMILES string of the molecule is COc1ccc(-c2sc(-c3ccc(C#N)cc3)cc2Br)cc1. The fourth-order valence-corrected chi connectivity index (χ4v) is 4.07. The second kappa shape index (κ2) is 6.35. The highest BCUT2D eigenvalue weighted by molar-refractivity contribution is 9.10. The fraction of sp³-hybridized carbons (Fsp3) is 0.0556. The third-order valence-corrected chi connectivity index (χ3v) is 5.46. The van der Waals surface area contributed by atoms with Gasteiger partial charge in [0.1, 0.15) is 5.75 Å². The molecule has 22 heavy (non-hydrogen) atoms. The Morgan fingerprint density at radius 3 is 2.23 bits per heavy atom. The van der Waals surface area contributed by atoms with Crippen molar-refractivity contribution in [1.82, 2.24) is 0 Å². The lowest BCUT2D eigenvalue weighted by atomic mass is 10.1. The third-order valence-electron chi connectivity index (χ3n) is 3.34. The van der Waals surface area contributed by atoms with Crippen LogP contribution in [-0.2, 0) is 0 Å². The van der Waals surface area contributed by atoms with Crippen molar-refractivity contribution in [2.75, 3.05) is 7.11 Å². The predicted octanol–water partition coefficient (Wildman–Crippen LogP) is 5.72. The van der Waals surface area contributed by atoms with Crippen molar-refractivity contribution in [1.29, 1.82) is 5.26 Å². The summed E-state index contributed by atoms with van der Waals surface area (Å²) in [5.74, 6) is 0.851. The molecule has 0 fully saturated rings. The van der Waals surface area contributed by atoms with Crippen molar-refractivity contribution in [3.8, 4) is 32.7 Å². The predicted molar refractivity (Wildman–Crippen MR) is 94.2 cm³/mol. The standard InChI is InChI=1S/C18H12BrNOS/c1-21-15-8-6-14(7-9-15)18-16(19)10-17(22-18)13-4-2-12(11-20)3-5-13/h2-10H,1H3. The molecule has 0 bridgehead atoms. The summed E-state index contributed by atoms with van der Waals surface area (Å²) < 4.78 is 6.27. The minimum absolute atomic E-state index is 0.676. The summed E-state index contributed by atoms with van der Waals surface area (Å²) in [5.41, 5.74) is 2.94. The maximum atomic E-state index is 8.87. The van der Waals surface area contributed by atoms with E-state index in [4.69, 9.17) is 10.00 Å². The topological polar surface area (TPSA) is 33.0 Å². The zero-order chi connectivity index (χ0) is 15.5. The number of halogens is 1. The summed E-state index contributed by atoms with van der Waals surface area (Å²) in [6, 6.07) is 19.9. The molecular formula is C18H12BrNOS. The van der Waals surface area contributed by atoms with Gasteiger partial charge in [-0.05, 0) is 69.5 Å². The highest BCUT2D eigenvalue weighted by Gasteiger charge is 2.11. The monoisotopic (exact) mass is 369 g/mol. The molecule has 0 spiro atoms. The molecule has 0 N–H and O–H groups in total. The number of rotatable bonds is 3. The van der Waals surface area contributed by atoms with Gasteiger partial charge < -0.3 is 4.74 Å². The van der Waals surface area contributed by atoms with Crippen LogP contribution in [-0.4, -0.2) is 7.11 Å². The van der Waals surface area contributed by atoms with Crippen molar-refractivity contribution < 1.29 is 4.74 Å². The molecule has 0 aliphatic heterocycles. The number of hydrogen-bond acceptors (Lipinski definition) is 3. The minimum atomic E-state index is 0.676. The largest absolute Gasteiger partial charge is 0.497 e. The van der Waals surface area contributed by atoms with E-state index in [2.05, 4.69) is 40.2 Å². The highest BCUT2D eigenvalue weighted by Crippen LogP contribution is 2.41. The molecule has 4 heteroatoms. The zero-order valence-corrected chi connectivity index (χ0v) is 14.2. The van der Waals surface area contributed by atoms with Crippen LogP contribution >= 0.6 is 27.3 Å². The highest BCUT2D eigenvalue weighted by atomic mass is 79.9. The first-order valence-electron chi connectivity index (χ1n) is 6.65. The van der Waals surface area contributed by atoms with Gasteiger partial charge in [0.05, 0.1) is 18.7 Å². The van der Waals surface area contributed by atoms with E-state index < -0.39 is 0 Å². The number of thiophene rings is 1. The summed E-state index contributed by atoms with van der Waals surface area (Å²) in [5, 5.41) is 8.87. The summed E-state index contributed by atoms with van der Waals surface area (Å²) >= 11 is 5.36. The van der Waals surface area contributed by atoms with Crippen molar-refractivity contribution in [3.05, 3.63) is 64.6 Å². The smallest absolute Gasteiger partial charge is 0.118 e. The van der Waals surface area contributed by atoms with Gasteiger partial charge in [0.25, 0.3) is 0 Å². The first-order chi connectivity index (χ1) is 10.7. The first-order valence-corrected chi connectivity index (χ1v) is 8.26. The van der Waals surface area contributed by atoms with Gasteiger partial charge in [-0.2, -0.15) is 5.26 Å². The van der Waals surface area contributed by atoms with Crippen LogP contribution in [0.3, 0.4) is 0 Å². The van der Waals surface area contributed by atoms with E-state index in [-0.39, 0.29) is 0 Å². The number of benzene rings is 2. The Morgan fingerprint density at radius 1 is 1.00 bits per heavy atom. The van der Waals surface area contributed by atoms with Gasteiger partial charge in [-0.1, -0.05) is 12.1 Å². The Bertz CT molecular complexity index is 829. The molecule has 3 rings (SSSR count). The number of nitrogens with zero attached hydrogens (tertiary/aromatic N) is 1. The van der Waals surface area contributed by atoms with Crippen molar-refractivity contribution in [2.24, 2.45) is 0 Å². The molecule has 1 heterocycles. The number of nitriles is 1. The van der Waals surface area contributed by atoms with Gasteiger partial charge >= 0.3 is 0 Å². The van der Waals surface area contributed by atoms with Crippen LogP contribution < -0.4 is 4.74 Å². The van der Waals surface area contributed by atoms with Gasteiger partial charge in [0, 0.05) is 14.2 Å². The molecule has 0 saturated carbocycles. The van der Waals surface area contributed by atoms with Gasteiger partial charge in [0.15, 0.2) is 0 Å². The summed E-state index contributed by atoms with van der Waals surface area (Å²) in [4.78, 5) is 2.35. The number of hydrogen-bond donors (Lipinski definition) is 0. The summed E-state index contributed by atoms with van der Waals surface area (Å²) in [6.45, 7) is 0. The van der Waals surface area contributed by atoms with Gasteiger partial charge in [0.2, 0.25) is 0 Å². The van der Waals surface area contributed by atoms with E-state index in [9.17, 15) is 0 Å². The van der Waals surface area contributed by atoms with Crippen LogP contribution in [0, 0.1) is 11.3 Å². The molecule has 0 unspecified atom stereocenters. The van der Waals surface area contributed by atoms with E-state index in [1.54, 1.807) is 18.4 Å². The molecule has 0 aliphatic rings. The molecule has 2 aromatic carbocycles. The Hall–Kier alpha value is -2.09. The first kappa shape index (κ1) is 14.8. The van der Waals surface area contributed by atoms with E-state index >= 15 is 0 Å². The van der Waals surface area contributed by atoms with Crippen LogP contribution in [0.2, 0.25) is 0 Å². The molecule has 1 aromatic heterocycles. The van der Waals surface area contributed by atoms with Gasteiger partial charge in [-0.3, -0.25) is 0 Å². The molecule has 0 radical (unpaired) electrons. The average molecular weight is 370 g/mol.